The van der Waals surface area contributed by atoms with Crippen LogP contribution in [0.15, 0.2) is 27.9 Å². The molecule has 0 saturated carbocycles. The normalized spacial score (nSPS) is 14.7. The number of nitrogens with zero attached hydrogens (tertiary/aromatic N) is 5. The highest BCUT2D eigenvalue weighted by atomic mass is 35.5. The highest BCUT2D eigenvalue weighted by Crippen LogP contribution is 2.33. The topological polar surface area (TPSA) is 140 Å². The number of sulfonamides is 1. The summed E-state index contributed by atoms with van der Waals surface area (Å²) in [5.74, 6) is 0.698. The maximum Gasteiger partial charge on any atom is 0.305 e. The third-order valence-electron chi connectivity index (χ3n) is 7.52. The Balaban J connectivity index is 0.00000506. The number of aryl methyl sites for hydroxylation is 2. The average molecular weight is 639 g/mol. The fraction of sp³-hybridized carbons (Fsp3) is 0.586. The fourth-order valence-electron chi connectivity index (χ4n) is 5.24. The van der Waals surface area contributed by atoms with Crippen LogP contribution in [0.4, 0.5) is 0 Å². The van der Waals surface area contributed by atoms with Gasteiger partial charge in [0.05, 0.1) is 22.8 Å². The van der Waals surface area contributed by atoms with Crippen molar-refractivity contribution in [1.82, 2.24) is 29.0 Å². The number of hydrogen-bond acceptors (Lipinski definition) is 9. The lowest BCUT2D eigenvalue weighted by Gasteiger charge is -2.31. The number of nitrogens with one attached hydrogen (secondary N) is 1. The smallest absolute Gasteiger partial charge is 0.305 e. The number of fused-ring (bicyclic) bond motifs is 1. The van der Waals surface area contributed by atoms with Gasteiger partial charge in [-0.2, -0.15) is 9.40 Å². The van der Waals surface area contributed by atoms with Crippen LogP contribution in [0.2, 0.25) is 0 Å². The first-order valence-electron chi connectivity index (χ1n) is 14.6. The quantitative estimate of drug-likeness (QED) is 0.279. The molecule has 12 nitrogen and oxygen atoms in total. The number of likely N-dealkylation sites (N-methyl/N-ethyl adjacent to an activating group) is 1. The molecule has 1 fully saturated rings. The number of rotatable bonds is 13. The molecular weight excluding hydrogens is 596 g/mol. The molecule has 0 radical (unpaired) electrons. The van der Waals surface area contributed by atoms with E-state index >= 15 is 0 Å². The maximum absolute atomic E-state index is 13.7. The monoisotopic (exact) mass is 638 g/mol. The second-order valence-corrected chi connectivity index (χ2v) is 12.9. The van der Waals surface area contributed by atoms with Gasteiger partial charge in [-0.15, -0.1) is 12.4 Å². The van der Waals surface area contributed by atoms with Gasteiger partial charge in [0.25, 0.3) is 5.56 Å². The van der Waals surface area contributed by atoms with Crippen molar-refractivity contribution in [1.29, 1.82) is 0 Å². The minimum atomic E-state index is -3.82. The molecule has 3 heterocycles. The van der Waals surface area contributed by atoms with Crippen molar-refractivity contribution in [3.8, 4) is 17.1 Å². The van der Waals surface area contributed by atoms with E-state index < -0.39 is 10.0 Å². The highest BCUT2D eigenvalue weighted by Gasteiger charge is 2.31. The predicted octanol–water partition coefficient (Wildman–Crippen LogP) is 3.38. The van der Waals surface area contributed by atoms with Crippen molar-refractivity contribution in [2.75, 3.05) is 46.9 Å². The summed E-state index contributed by atoms with van der Waals surface area (Å²) in [6, 6.07) is 4.67. The van der Waals surface area contributed by atoms with E-state index in [2.05, 4.69) is 10.1 Å². The number of aromatic nitrogens is 4. The molecule has 0 unspecified atom stereocenters. The third kappa shape index (κ3) is 8.14. The zero-order chi connectivity index (χ0) is 30.4. The van der Waals surface area contributed by atoms with Gasteiger partial charge in [0, 0.05) is 33.1 Å². The number of carbonyl (C=O) groups is 1. The summed E-state index contributed by atoms with van der Waals surface area (Å²) >= 11 is 0. The minimum absolute atomic E-state index is 0. The Morgan fingerprint density at radius 1 is 1.19 bits per heavy atom. The van der Waals surface area contributed by atoms with Crippen LogP contribution in [0.5, 0.6) is 5.75 Å². The standard InChI is InChI=1S/C29H42N6O6S.ClH/c1-6-8-23-26-27(34(5)32-23)29(37)31-28(30-26)22-19-21(10-11-24(22)40-7-2)42(38,39)35-15-13-20(14-16-35)9-12-25(36)41-18-17-33(3)4;/h10-11,19-20H,6-9,12-18H2,1-5H3,(H,30,31,37);1H. The number of ether oxygens (including phenoxy) is 2. The molecule has 14 heteroatoms. The molecule has 4 rings (SSSR count). The summed E-state index contributed by atoms with van der Waals surface area (Å²) < 4.78 is 41.5. The molecule has 0 amide bonds. The molecular formula is C29H43ClN6O6S. The number of halogens is 1. The molecule has 43 heavy (non-hydrogen) atoms. The Bertz CT molecular complexity index is 1560. The Labute approximate surface area is 259 Å². The molecule has 0 atom stereocenters. The Morgan fingerprint density at radius 3 is 2.56 bits per heavy atom. The Hall–Kier alpha value is -3.00. The van der Waals surface area contributed by atoms with Gasteiger partial charge in [-0.25, -0.2) is 13.4 Å². The largest absolute Gasteiger partial charge is 0.493 e. The number of piperidine rings is 1. The summed E-state index contributed by atoms with van der Waals surface area (Å²) in [5, 5.41) is 4.47. The van der Waals surface area contributed by atoms with Gasteiger partial charge in [-0.05, 0) is 70.8 Å². The van der Waals surface area contributed by atoms with Gasteiger partial charge < -0.3 is 19.4 Å². The van der Waals surface area contributed by atoms with Crippen molar-refractivity contribution in [2.24, 2.45) is 13.0 Å². The molecule has 0 spiro atoms. The van der Waals surface area contributed by atoms with Crippen LogP contribution in [-0.2, 0) is 33.0 Å². The summed E-state index contributed by atoms with van der Waals surface area (Å²) in [4.78, 5) is 34.7. The molecule has 1 aromatic carbocycles. The number of benzene rings is 1. The van der Waals surface area contributed by atoms with Gasteiger partial charge in [-0.1, -0.05) is 13.3 Å². The van der Waals surface area contributed by atoms with E-state index in [1.54, 1.807) is 13.1 Å². The van der Waals surface area contributed by atoms with Crippen LogP contribution in [0, 0.1) is 5.92 Å². The zero-order valence-electron chi connectivity index (χ0n) is 25.6. The van der Waals surface area contributed by atoms with Gasteiger partial charge in [0.1, 0.15) is 23.7 Å². The van der Waals surface area contributed by atoms with Gasteiger partial charge in [0.15, 0.2) is 5.52 Å². The maximum atomic E-state index is 13.7. The van der Waals surface area contributed by atoms with Crippen LogP contribution in [0.25, 0.3) is 22.4 Å². The SMILES string of the molecule is CCCc1nn(C)c2c(=O)[nH]c(-c3cc(S(=O)(=O)N4CCC(CCC(=O)OCCN(C)C)CC4)ccc3OCC)nc12.Cl. The van der Waals surface area contributed by atoms with Crippen LogP contribution in [0.1, 0.15) is 51.6 Å². The van der Waals surface area contributed by atoms with Crippen molar-refractivity contribution < 1.29 is 22.7 Å². The van der Waals surface area contributed by atoms with Crippen molar-refractivity contribution in [3.63, 3.8) is 0 Å². The van der Waals surface area contributed by atoms with Crippen LogP contribution in [-0.4, -0.2) is 90.3 Å². The summed E-state index contributed by atoms with van der Waals surface area (Å²) in [7, 11) is 1.73. The third-order valence-corrected chi connectivity index (χ3v) is 9.42. The molecule has 1 N–H and O–H groups in total. The Morgan fingerprint density at radius 2 is 1.91 bits per heavy atom. The van der Waals surface area contributed by atoms with Crippen LogP contribution >= 0.6 is 12.4 Å². The summed E-state index contributed by atoms with van der Waals surface area (Å²) in [5.41, 5.74) is 1.62. The number of aromatic amines is 1. The Kier molecular flexibility index (Phi) is 12.1. The zero-order valence-corrected chi connectivity index (χ0v) is 27.2. The summed E-state index contributed by atoms with van der Waals surface area (Å²) in [6.45, 7) is 5.99. The second-order valence-electron chi connectivity index (χ2n) is 10.9. The van der Waals surface area contributed by atoms with E-state index in [4.69, 9.17) is 14.5 Å². The number of hydrogen-bond donors (Lipinski definition) is 1. The molecule has 1 aliphatic heterocycles. The average Bonchev–Trinajstić information content (AvgIpc) is 3.27. The predicted molar refractivity (Wildman–Crippen MR) is 167 cm³/mol. The van der Waals surface area contributed by atoms with E-state index in [0.29, 0.717) is 93.0 Å². The van der Waals surface area contributed by atoms with Gasteiger partial charge >= 0.3 is 5.97 Å². The first kappa shape index (κ1) is 34.5. The lowest BCUT2D eigenvalue weighted by Crippen LogP contribution is -2.38. The molecule has 3 aromatic rings. The lowest BCUT2D eigenvalue weighted by molar-refractivity contribution is -0.144. The number of carbonyl (C=O) groups excluding carboxylic acids is 1. The highest BCUT2D eigenvalue weighted by molar-refractivity contribution is 7.89. The molecule has 1 aliphatic rings. The van der Waals surface area contributed by atoms with Gasteiger partial charge in [-0.3, -0.25) is 14.3 Å². The van der Waals surface area contributed by atoms with Crippen molar-refractivity contribution in [3.05, 3.63) is 34.2 Å². The summed E-state index contributed by atoms with van der Waals surface area (Å²) in [6.07, 6.45) is 3.85. The van der Waals surface area contributed by atoms with E-state index in [1.807, 2.05) is 32.8 Å². The van der Waals surface area contributed by atoms with Crippen molar-refractivity contribution in [2.45, 2.75) is 57.3 Å². The lowest BCUT2D eigenvalue weighted by atomic mass is 9.93. The van der Waals surface area contributed by atoms with Crippen molar-refractivity contribution >= 4 is 39.4 Å². The van der Waals surface area contributed by atoms with E-state index in [9.17, 15) is 18.0 Å². The first-order chi connectivity index (χ1) is 20.0. The molecule has 0 aliphatic carbocycles. The van der Waals surface area contributed by atoms with E-state index in [-0.39, 0.29) is 40.6 Å². The van der Waals surface area contributed by atoms with Crippen LogP contribution in [0.3, 0.4) is 0 Å². The van der Waals surface area contributed by atoms with Crippen LogP contribution < -0.4 is 10.3 Å². The van der Waals surface area contributed by atoms with E-state index in [1.165, 1.54) is 21.1 Å². The molecule has 0 bridgehead atoms. The second kappa shape index (κ2) is 15.1. The number of esters is 1. The molecule has 2 aromatic heterocycles. The van der Waals surface area contributed by atoms with Gasteiger partial charge in [0.2, 0.25) is 10.0 Å². The fourth-order valence-corrected chi connectivity index (χ4v) is 6.74. The minimum Gasteiger partial charge on any atom is -0.493 e. The molecule has 1 saturated heterocycles. The first-order valence-corrected chi connectivity index (χ1v) is 16.0. The van der Waals surface area contributed by atoms with E-state index in [0.717, 1.165) is 6.42 Å². The number of H-pyrrole nitrogens is 1. The molecule has 238 valence electrons.